The fraction of sp³-hybridized carbons (Fsp3) is 0.0400. The molecule has 0 unspecified atom stereocenters. The Kier molecular flexibility index (Phi) is 6.07. The normalized spacial score (nSPS) is 11.2. The summed E-state index contributed by atoms with van der Waals surface area (Å²) >= 11 is 9.69. The molecular formula is C25H17BrClNO3. The molecule has 0 fully saturated rings. The first-order chi connectivity index (χ1) is 15.0. The van der Waals surface area contributed by atoms with E-state index in [1.54, 1.807) is 37.5 Å². The monoisotopic (exact) mass is 493 g/mol. The lowest BCUT2D eigenvalue weighted by Crippen LogP contribution is -2.18. The molecule has 0 aliphatic heterocycles. The molecule has 1 aromatic heterocycles. The summed E-state index contributed by atoms with van der Waals surface area (Å²) in [6.45, 7) is 0. The van der Waals surface area contributed by atoms with Crippen molar-refractivity contribution in [3.8, 4) is 16.9 Å². The lowest BCUT2D eigenvalue weighted by Gasteiger charge is -2.12. The molecule has 0 spiro atoms. The first kappa shape index (κ1) is 21.1. The van der Waals surface area contributed by atoms with Crippen molar-refractivity contribution in [3.05, 3.63) is 104 Å². The fourth-order valence-electron chi connectivity index (χ4n) is 3.44. The molecule has 4 nitrogen and oxygen atoms in total. The highest BCUT2D eigenvalue weighted by molar-refractivity contribution is 9.10. The molecule has 31 heavy (non-hydrogen) atoms. The van der Waals surface area contributed by atoms with Gasteiger partial charge in [-0.2, -0.15) is 0 Å². The molecule has 0 amide bonds. The van der Waals surface area contributed by atoms with Crippen molar-refractivity contribution in [2.75, 3.05) is 7.11 Å². The quantitative estimate of drug-likeness (QED) is 0.254. The van der Waals surface area contributed by atoms with Crippen molar-refractivity contribution in [1.82, 2.24) is 4.98 Å². The number of aromatic nitrogens is 1. The van der Waals surface area contributed by atoms with Gasteiger partial charge in [0.1, 0.15) is 5.75 Å². The van der Waals surface area contributed by atoms with Crippen LogP contribution in [0.4, 0.5) is 0 Å². The minimum atomic E-state index is -0.454. The number of H-pyrrole nitrogens is 1. The van der Waals surface area contributed by atoms with Crippen molar-refractivity contribution in [1.29, 1.82) is 0 Å². The van der Waals surface area contributed by atoms with Crippen molar-refractivity contribution in [2.45, 2.75) is 0 Å². The van der Waals surface area contributed by atoms with Crippen LogP contribution in [0.5, 0.6) is 5.75 Å². The molecule has 1 N–H and O–H groups in total. The van der Waals surface area contributed by atoms with E-state index in [4.69, 9.17) is 16.3 Å². The van der Waals surface area contributed by atoms with Crippen LogP contribution >= 0.6 is 27.5 Å². The van der Waals surface area contributed by atoms with Gasteiger partial charge >= 0.3 is 0 Å². The number of methoxy groups -OCH3 is 1. The largest absolute Gasteiger partial charge is 0.497 e. The van der Waals surface area contributed by atoms with Gasteiger partial charge in [-0.1, -0.05) is 57.9 Å². The molecule has 3 aromatic carbocycles. The van der Waals surface area contributed by atoms with Crippen LogP contribution in [-0.2, 0) is 0 Å². The van der Waals surface area contributed by atoms with E-state index in [2.05, 4.69) is 20.9 Å². The number of rotatable bonds is 5. The SMILES string of the molecule is COc1cccc(/C=C/C(=O)c2c(-c3cccc(Cl)c3)c3cc(Br)ccc3[nH]c2=O)c1. The molecule has 6 heteroatoms. The molecule has 0 aliphatic rings. The van der Waals surface area contributed by atoms with Crippen LogP contribution in [0.3, 0.4) is 0 Å². The topological polar surface area (TPSA) is 59.2 Å². The van der Waals surface area contributed by atoms with Crippen molar-refractivity contribution in [2.24, 2.45) is 0 Å². The van der Waals surface area contributed by atoms with Gasteiger partial charge in [0.25, 0.3) is 5.56 Å². The molecule has 0 radical (unpaired) electrons. The summed E-state index contributed by atoms with van der Waals surface area (Å²) in [5.74, 6) is 0.281. The van der Waals surface area contributed by atoms with Gasteiger partial charge in [-0.3, -0.25) is 9.59 Å². The van der Waals surface area contributed by atoms with Crippen LogP contribution in [0.1, 0.15) is 15.9 Å². The number of ether oxygens (including phenoxy) is 1. The van der Waals surface area contributed by atoms with Gasteiger partial charge in [0.05, 0.1) is 12.7 Å². The Morgan fingerprint density at radius 3 is 2.65 bits per heavy atom. The summed E-state index contributed by atoms with van der Waals surface area (Å²) in [6.07, 6.45) is 3.06. The lowest BCUT2D eigenvalue weighted by atomic mass is 9.94. The van der Waals surface area contributed by atoms with Crippen molar-refractivity contribution in [3.63, 3.8) is 0 Å². The van der Waals surface area contributed by atoms with Crippen LogP contribution in [-0.4, -0.2) is 17.9 Å². The van der Waals surface area contributed by atoms with E-state index in [0.29, 0.717) is 27.4 Å². The molecule has 1 heterocycles. The van der Waals surface area contributed by atoms with Crippen molar-refractivity contribution >= 4 is 50.3 Å². The Labute approximate surface area is 192 Å². The molecule has 0 saturated carbocycles. The van der Waals surface area contributed by atoms with E-state index in [9.17, 15) is 9.59 Å². The maximum Gasteiger partial charge on any atom is 0.260 e. The van der Waals surface area contributed by atoms with E-state index < -0.39 is 11.3 Å². The number of pyridine rings is 1. The number of halogens is 2. The number of carbonyl (C=O) groups excluding carboxylic acids is 1. The van der Waals surface area contributed by atoms with Crippen molar-refractivity contribution < 1.29 is 9.53 Å². The number of benzene rings is 3. The average Bonchev–Trinajstić information content (AvgIpc) is 2.77. The standard InChI is InChI=1S/C25H17BrClNO3/c1-31-19-7-2-4-15(12-19)8-11-22(29)24-23(16-5-3-6-18(27)13-16)20-14-17(26)9-10-21(20)28-25(24)30/h2-14H,1H3,(H,28,30)/b11-8+. The molecule has 4 aromatic rings. The van der Waals surface area contributed by atoms with E-state index >= 15 is 0 Å². The minimum absolute atomic E-state index is 0.0620. The van der Waals surface area contributed by atoms with Crippen LogP contribution < -0.4 is 10.3 Å². The number of aromatic amines is 1. The average molecular weight is 495 g/mol. The Balaban J connectivity index is 1.91. The summed E-state index contributed by atoms with van der Waals surface area (Å²) in [5.41, 5.74) is 2.27. The highest BCUT2D eigenvalue weighted by atomic mass is 79.9. The molecule has 0 aliphatic carbocycles. The summed E-state index contributed by atoms with van der Waals surface area (Å²) in [6, 6.07) is 20.0. The smallest absolute Gasteiger partial charge is 0.260 e. The Morgan fingerprint density at radius 2 is 1.87 bits per heavy atom. The molecular weight excluding hydrogens is 478 g/mol. The minimum Gasteiger partial charge on any atom is -0.497 e. The number of fused-ring (bicyclic) bond motifs is 1. The highest BCUT2D eigenvalue weighted by Gasteiger charge is 2.19. The van der Waals surface area contributed by atoms with Crippen LogP contribution in [0.15, 0.2) is 82.1 Å². The van der Waals surface area contributed by atoms with Gasteiger partial charge in [0.15, 0.2) is 5.78 Å². The number of hydrogen-bond donors (Lipinski definition) is 1. The molecule has 0 atom stereocenters. The predicted molar refractivity (Wildman–Crippen MR) is 129 cm³/mol. The summed E-state index contributed by atoms with van der Waals surface area (Å²) < 4.78 is 6.06. The highest BCUT2D eigenvalue weighted by Crippen LogP contribution is 2.33. The van der Waals surface area contributed by atoms with Crippen LogP contribution in [0.25, 0.3) is 28.1 Å². The number of carbonyl (C=O) groups is 1. The van der Waals surface area contributed by atoms with E-state index in [0.717, 1.165) is 15.4 Å². The lowest BCUT2D eigenvalue weighted by molar-refractivity contribution is 0.104. The number of ketones is 1. The molecule has 0 saturated heterocycles. The predicted octanol–water partition coefficient (Wildman–Crippen LogP) is 6.52. The zero-order valence-electron chi connectivity index (χ0n) is 16.5. The Morgan fingerprint density at radius 1 is 1.06 bits per heavy atom. The third-order valence-electron chi connectivity index (χ3n) is 4.86. The Hall–Kier alpha value is -3.15. The maximum absolute atomic E-state index is 13.2. The zero-order chi connectivity index (χ0) is 22.0. The second kappa shape index (κ2) is 8.92. The van der Waals surface area contributed by atoms with Gasteiger partial charge in [-0.15, -0.1) is 0 Å². The number of hydrogen-bond acceptors (Lipinski definition) is 3. The summed E-state index contributed by atoms with van der Waals surface area (Å²) in [4.78, 5) is 29.0. The molecule has 0 bridgehead atoms. The van der Waals surface area contributed by atoms with Gasteiger partial charge in [0, 0.05) is 26.0 Å². The van der Waals surface area contributed by atoms with E-state index in [-0.39, 0.29) is 5.56 Å². The fourth-order valence-corrected chi connectivity index (χ4v) is 4.00. The third-order valence-corrected chi connectivity index (χ3v) is 5.59. The summed E-state index contributed by atoms with van der Waals surface area (Å²) in [7, 11) is 1.58. The maximum atomic E-state index is 13.2. The van der Waals surface area contributed by atoms with Gasteiger partial charge in [-0.25, -0.2) is 0 Å². The molecule has 154 valence electrons. The zero-order valence-corrected chi connectivity index (χ0v) is 18.8. The van der Waals surface area contributed by atoms with E-state index in [1.807, 2.05) is 42.5 Å². The van der Waals surface area contributed by atoms with Crippen LogP contribution in [0.2, 0.25) is 5.02 Å². The third kappa shape index (κ3) is 4.48. The first-order valence-corrected chi connectivity index (χ1v) is 10.6. The van der Waals surface area contributed by atoms with Gasteiger partial charge < -0.3 is 9.72 Å². The second-order valence-electron chi connectivity index (χ2n) is 6.88. The van der Waals surface area contributed by atoms with Gasteiger partial charge in [0.2, 0.25) is 0 Å². The number of nitrogens with one attached hydrogen (secondary N) is 1. The first-order valence-electron chi connectivity index (χ1n) is 9.44. The second-order valence-corrected chi connectivity index (χ2v) is 8.23. The van der Waals surface area contributed by atoms with Crippen LogP contribution in [0, 0.1) is 0 Å². The Bertz CT molecular complexity index is 1390. The van der Waals surface area contributed by atoms with E-state index in [1.165, 1.54) is 6.08 Å². The number of allylic oxidation sites excluding steroid dienone is 1. The summed E-state index contributed by atoms with van der Waals surface area (Å²) in [5, 5.41) is 1.26. The van der Waals surface area contributed by atoms with Gasteiger partial charge in [-0.05, 0) is 59.7 Å². The molecule has 4 rings (SSSR count).